The van der Waals surface area contributed by atoms with Gasteiger partial charge < -0.3 is 10.2 Å². The zero-order valence-corrected chi connectivity index (χ0v) is 18.7. The molecule has 0 heterocycles. The summed E-state index contributed by atoms with van der Waals surface area (Å²) in [6.45, 7) is 6.23. The Morgan fingerprint density at radius 3 is 1.09 bits per heavy atom. The van der Waals surface area contributed by atoms with Crippen molar-refractivity contribution in [3.05, 3.63) is 0 Å². The molecule has 0 saturated heterocycles. The fourth-order valence-electron chi connectivity index (χ4n) is 5.20. The van der Waals surface area contributed by atoms with Gasteiger partial charge >= 0.3 is 24.7 Å². The summed E-state index contributed by atoms with van der Waals surface area (Å²) in [4.78, 5) is 0. The van der Waals surface area contributed by atoms with E-state index in [1.165, 1.54) is 13.8 Å². The Morgan fingerprint density at radius 1 is 0.588 bits per heavy atom. The van der Waals surface area contributed by atoms with Crippen LogP contribution < -0.4 is 0 Å². The van der Waals surface area contributed by atoms with Gasteiger partial charge in [0.15, 0.2) is 0 Å². The average molecular weight is 528 g/mol. The molecule has 0 amide bonds. The molecule has 0 aromatic heterocycles. The summed E-state index contributed by atoms with van der Waals surface area (Å²) < 4.78 is 162. The van der Waals surface area contributed by atoms with Gasteiger partial charge in [0.25, 0.3) is 11.2 Å². The Kier molecular flexibility index (Phi) is 8.70. The average Bonchev–Trinajstić information content (AvgIpc) is 2.60. The lowest BCUT2D eigenvalue weighted by Crippen LogP contribution is -2.67. The minimum Gasteiger partial charge on any atom is -0.373 e. The first-order chi connectivity index (χ1) is 14.8. The lowest BCUT2D eigenvalue weighted by molar-refractivity contribution is -0.405. The van der Waals surface area contributed by atoms with Gasteiger partial charge in [0.2, 0.25) is 0 Å². The summed E-state index contributed by atoms with van der Waals surface area (Å²) in [6, 6.07) is 0. The highest BCUT2D eigenvalue weighted by molar-refractivity contribution is 5.08. The molecule has 204 valence electrons. The molecule has 1 aliphatic rings. The molecule has 1 rings (SSSR count). The zero-order chi connectivity index (χ0) is 27.3. The van der Waals surface area contributed by atoms with Gasteiger partial charge in [-0.15, -0.1) is 0 Å². The van der Waals surface area contributed by atoms with Gasteiger partial charge in [-0.05, 0) is 49.4 Å². The zero-order valence-electron chi connectivity index (χ0n) is 18.7. The van der Waals surface area contributed by atoms with Crippen molar-refractivity contribution in [2.45, 2.75) is 89.3 Å². The molecule has 1 saturated carbocycles. The minimum absolute atomic E-state index is 0.0920. The van der Waals surface area contributed by atoms with E-state index >= 15 is 0 Å². The van der Waals surface area contributed by atoms with Gasteiger partial charge in [-0.3, -0.25) is 0 Å². The molecule has 1 aliphatic carbocycles. The van der Waals surface area contributed by atoms with Gasteiger partial charge in [-0.1, -0.05) is 27.7 Å². The number of hydrogen-bond acceptors (Lipinski definition) is 2. The molecule has 34 heavy (non-hydrogen) atoms. The van der Waals surface area contributed by atoms with Crippen LogP contribution in [0.15, 0.2) is 0 Å². The molecule has 0 aromatic rings. The van der Waals surface area contributed by atoms with Crippen molar-refractivity contribution in [2.24, 2.45) is 35.5 Å². The van der Waals surface area contributed by atoms with Gasteiger partial charge in [-0.2, -0.15) is 52.7 Å². The van der Waals surface area contributed by atoms with Crippen molar-refractivity contribution in [1.82, 2.24) is 0 Å². The van der Waals surface area contributed by atoms with Gasteiger partial charge in [0, 0.05) is 11.8 Å². The summed E-state index contributed by atoms with van der Waals surface area (Å²) in [5.41, 5.74) is -11.1. The molecule has 0 radical (unpaired) electrons. The Labute approximate surface area is 188 Å². The molecule has 3 unspecified atom stereocenters. The van der Waals surface area contributed by atoms with Crippen molar-refractivity contribution in [1.29, 1.82) is 0 Å². The Balaban J connectivity index is 3.80. The molecule has 1 fully saturated rings. The molecule has 2 N–H and O–H groups in total. The number of hydrogen-bond donors (Lipinski definition) is 2. The number of alkyl halides is 12. The molecule has 3 atom stereocenters. The van der Waals surface area contributed by atoms with Crippen LogP contribution in [-0.4, -0.2) is 46.1 Å². The minimum atomic E-state index is -6.44. The quantitative estimate of drug-likeness (QED) is 0.363. The fourth-order valence-corrected chi connectivity index (χ4v) is 5.20. The Hall–Kier alpha value is -0.920. The van der Waals surface area contributed by atoms with Crippen LogP contribution in [0, 0.1) is 35.5 Å². The van der Waals surface area contributed by atoms with E-state index < -0.39 is 84.8 Å². The summed E-state index contributed by atoms with van der Waals surface area (Å²) >= 11 is 0. The highest BCUT2D eigenvalue weighted by Gasteiger charge is 2.78. The molecular formula is C20H28F12O2. The van der Waals surface area contributed by atoms with E-state index in [0.717, 1.165) is 0 Å². The third kappa shape index (κ3) is 5.57. The predicted octanol–water partition coefficient (Wildman–Crippen LogP) is 7.05. The first kappa shape index (κ1) is 31.1. The molecule has 2 nitrogen and oxygen atoms in total. The summed E-state index contributed by atoms with van der Waals surface area (Å²) in [7, 11) is 0. The van der Waals surface area contributed by atoms with Crippen LogP contribution in [0.4, 0.5) is 52.7 Å². The lowest BCUT2D eigenvalue weighted by atomic mass is 9.59. The van der Waals surface area contributed by atoms with E-state index in [1.807, 2.05) is 0 Å². The number of rotatable bonds is 6. The molecule has 14 heteroatoms. The van der Waals surface area contributed by atoms with E-state index in [4.69, 9.17) is 0 Å². The summed E-state index contributed by atoms with van der Waals surface area (Å²) in [6.07, 6.45) is -29.9. The van der Waals surface area contributed by atoms with Crippen molar-refractivity contribution >= 4 is 0 Å². The van der Waals surface area contributed by atoms with Crippen molar-refractivity contribution in [3.63, 3.8) is 0 Å². The molecule has 0 aliphatic heterocycles. The molecule has 0 aromatic carbocycles. The maximum atomic E-state index is 13.5. The topological polar surface area (TPSA) is 40.5 Å². The first-order valence-corrected chi connectivity index (χ1v) is 10.5. The van der Waals surface area contributed by atoms with Gasteiger partial charge in [0.1, 0.15) is 0 Å². The van der Waals surface area contributed by atoms with Crippen LogP contribution in [0.2, 0.25) is 0 Å². The van der Waals surface area contributed by atoms with Crippen LogP contribution in [0.3, 0.4) is 0 Å². The van der Waals surface area contributed by atoms with E-state index in [2.05, 4.69) is 0 Å². The van der Waals surface area contributed by atoms with Crippen LogP contribution in [0.5, 0.6) is 0 Å². The maximum Gasteiger partial charge on any atom is 0.426 e. The second-order valence-electron chi connectivity index (χ2n) is 9.92. The standard InChI is InChI=1S/C20H28F12O2/c1-9(2)5-14(10(3)4)11-6-12(15(33,17(21,22)23)18(24,25)26)8-13(7-11)16(34,19(27,28)29)20(30,31)32/h9-14,33-34H,5-8H2,1-4H3. The second-order valence-corrected chi connectivity index (χ2v) is 9.92. The third-order valence-corrected chi connectivity index (χ3v) is 6.86. The lowest BCUT2D eigenvalue weighted by Gasteiger charge is -2.50. The number of aliphatic hydroxyl groups is 2. The first-order valence-electron chi connectivity index (χ1n) is 10.5. The third-order valence-electron chi connectivity index (χ3n) is 6.86. The summed E-state index contributed by atoms with van der Waals surface area (Å²) in [5.74, 6) is -9.30. The Morgan fingerprint density at radius 2 is 0.882 bits per heavy atom. The van der Waals surface area contributed by atoms with Crippen LogP contribution in [0.1, 0.15) is 53.4 Å². The largest absolute Gasteiger partial charge is 0.426 e. The molecule has 0 spiro atoms. The smallest absolute Gasteiger partial charge is 0.373 e. The van der Waals surface area contributed by atoms with Crippen molar-refractivity contribution in [2.75, 3.05) is 0 Å². The fraction of sp³-hybridized carbons (Fsp3) is 1.00. The molecular weight excluding hydrogens is 500 g/mol. The van der Waals surface area contributed by atoms with E-state index in [9.17, 15) is 62.9 Å². The second kappa shape index (κ2) is 9.51. The maximum absolute atomic E-state index is 13.5. The van der Waals surface area contributed by atoms with Crippen LogP contribution in [0.25, 0.3) is 0 Å². The SMILES string of the molecule is CC(C)CC(C(C)C)C1CC(C(O)(C(F)(F)F)C(F)(F)F)CC(C(O)(C(F)(F)F)C(F)(F)F)C1. The van der Waals surface area contributed by atoms with Gasteiger partial charge in [-0.25, -0.2) is 0 Å². The van der Waals surface area contributed by atoms with Crippen LogP contribution in [-0.2, 0) is 0 Å². The highest BCUT2D eigenvalue weighted by Crippen LogP contribution is 2.59. The predicted molar refractivity (Wildman–Crippen MR) is 96.2 cm³/mol. The summed E-state index contributed by atoms with van der Waals surface area (Å²) in [5, 5.41) is 19.6. The van der Waals surface area contributed by atoms with Gasteiger partial charge in [0.05, 0.1) is 0 Å². The monoisotopic (exact) mass is 528 g/mol. The van der Waals surface area contributed by atoms with E-state index in [1.54, 1.807) is 13.8 Å². The highest BCUT2D eigenvalue weighted by atomic mass is 19.4. The normalized spacial score (nSPS) is 25.2. The van der Waals surface area contributed by atoms with Crippen molar-refractivity contribution < 1.29 is 62.9 Å². The molecule has 0 bridgehead atoms. The van der Waals surface area contributed by atoms with E-state index in [0.29, 0.717) is 0 Å². The van der Waals surface area contributed by atoms with E-state index in [-0.39, 0.29) is 12.3 Å². The Bertz CT molecular complexity index is 601. The van der Waals surface area contributed by atoms with Crippen molar-refractivity contribution in [3.8, 4) is 0 Å². The number of halogens is 12. The van der Waals surface area contributed by atoms with Crippen LogP contribution >= 0.6 is 0 Å².